The number of hydrogen-bond acceptors (Lipinski definition) is 2. The molecule has 0 aliphatic carbocycles. The molecule has 0 fully saturated rings. The van der Waals surface area contributed by atoms with E-state index in [9.17, 15) is 4.79 Å². The summed E-state index contributed by atoms with van der Waals surface area (Å²) < 4.78 is 0. The maximum atomic E-state index is 12.2. The summed E-state index contributed by atoms with van der Waals surface area (Å²) in [6.45, 7) is 6.71. The van der Waals surface area contributed by atoms with Gasteiger partial charge >= 0.3 is 0 Å². The maximum absolute atomic E-state index is 12.2. The van der Waals surface area contributed by atoms with Crippen LogP contribution in [0.2, 0.25) is 0 Å². The molecule has 16 heavy (non-hydrogen) atoms. The van der Waals surface area contributed by atoms with Crippen molar-refractivity contribution >= 4 is 5.91 Å². The number of rotatable bonds is 7. The number of carbonyl (C=O) groups is 1. The highest BCUT2D eigenvalue weighted by molar-refractivity contribution is 5.85. The van der Waals surface area contributed by atoms with Crippen LogP contribution in [-0.4, -0.2) is 24.4 Å². The summed E-state index contributed by atoms with van der Waals surface area (Å²) in [6.07, 6.45) is 4.49. The summed E-state index contributed by atoms with van der Waals surface area (Å²) >= 11 is 0. The van der Waals surface area contributed by atoms with Crippen molar-refractivity contribution in [3.8, 4) is 6.07 Å². The molecular weight excluding hydrogens is 200 g/mol. The lowest BCUT2D eigenvalue weighted by atomic mass is 9.82. The standard InChI is InChI=1S/C13H24N2O/c1-5-8-9-10-15(4)12(16)13(6-2,7-3)11-14/h5-10H2,1-4H3. The van der Waals surface area contributed by atoms with Crippen molar-refractivity contribution in [1.29, 1.82) is 5.26 Å². The van der Waals surface area contributed by atoms with Crippen molar-refractivity contribution in [1.82, 2.24) is 4.90 Å². The molecule has 0 aromatic heterocycles. The van der Waals surface area contributed by atoms with E-state index in [0.29, 0.717) is 12.8 Å². The molecule has 0 aliphatic heterocycles. The van der Waals surface area contributed by atoms with Crippen molar-refractivity contribution < 1.29 is 4.79 Å². The third-order valence-corrected chi connectivity index (χ3v) is 3.27. The summed E-state index contributed by atoms with van der Waals surface area (Å²) in [5, 5.41) is 9.17. The first-order valence-corrected chi connectivity index (χ1v) is 6.24. The molecule has 0 saturated heterocycles. The molecule has 0 aromatic rings. The number of nitrogens with zero attached hydrogens (tertiary/aromatic N) is 2. The van der Waals surface area contributed by atoms with E-state index in [1.807, 2.05) is 13.8 Å². The van der Waals surface area contributed by atoms with E-state index in [4.69, 9.17) is 5.26 Å². The van der Waals surface area contributed by atoms with Gasteiger partial charge in [0, 0.05) is 13.6 Å². The number of carbonyl (C=O) groups excluding carboxylic acids is 1. The van der Waals surface area contributed by atoms with Crippen LogP contribution in [0.25, 0.3) is 0 Å². The van der Waals surface area contributed by atoms with E-state index < -0.39 is 5.41 Å². The molecule has 0 aliphatic rings. The third kappa shape index (κ3) is 3.52. The molecule has 3 nitrogen and oxygen atoms in total. The highest BCUT2D eigenvalue weighted by Crippen LogP contribution is 2.27. The van der Waals surface area contributed by atoms with Gasteiger partial charge in [-0.15, -0.1) is 0 Å². The van der Waals surface area contributed by atoms with Gasteiger partial charge in [0.1, 0.15) is 5.41 Å². The van der Waals surface area contributed by atoms with Crippen LogP contribution in [0.4, 0.5) is 0 Å². The number of unbranched alkanes of at least 4 members (excludes halogenated alkanes) is 2. The highest BCUT2D eigenvalue weighted by Gasteiger charge is 2.36. The molecule has 0 atom stereocenters. The lowest BCUT2D eigenvalue weighted by Gasteiger charge is -2.28. The molecule has 0 rings (SSSR count). The fraction of sp³-hybridized carbons (Fsp3) is 0.846. The number of nitriles is 1. The zero-order valence-electron chi connectivity index (χ0n) is 11.0. The fourth-order valence-corrected chi connectivity index (χ4v) is 1.82. The summed E-state index contributed by atoms with van der Waals surface area (Å²) in [5.74, 6) is -0.0175. The SMILES string of the molecule is CCCCCN(C)C(=O)C(C#N)(CC)CC. The van der Waals surface area contributed by atoms with Crippen LogP contribution >= 0.6 is 0 Å². The average Bonchev–Trinajstić information content (AvgIpc) is 2.32. The molecule has 1 amide bonds. The second-order valence-electron chi connectivity index (χ2n) is 4.33. The molecule has 0 aromatic carbocycles. The van der Waals surface area contributed by atoms with Crippen LogP contribution in [0.1, 0.15) is 52.9 Å². The second kappa shape index (κ2) is 7.27. The molecule has 0 unspecified atom stereocenters. The predicted molar refractivity (Wildman–Crippen MR) is 65.8 cm³/mol. The lowest BCUT2D eigenvalue weighted by Crippen LogP contribution is -2.41. The Morgan fingerprint density at radius 2 is 1.81 bits per heavy atom. The van der Waals surface area contributed by atoms with Crippen LogP contribution in [0.15, 0.2) is 0 Å². The first kappa shape index (κ1) is 15.0. The molecule has 3 heteroatoms. The minimum absolute atomic E-state index is 0.0175. The Balaban J connectivity index is 4.45. The lowest BCUT2D eigenvalue weighted by molar-refractivity contribution is -0.138. The van der Waals surface area contributed by atoms with Crippen molar-refractivity contribution in [2.24, 2.45) is 5.41 Å². The zero-order valence-corrected chi connectivity index (χ0v) is 11.0. The number of amides is 1. The smallest absolute Gasteiger partial charge is 0.242 e. The van der Waals surface area contributed by atoms with Gasteiger partial charge in [-0.05, 0) is 19.3 Å². The Morgan fingerprint density at radius 3 is 2.19 bits per heavy atom. The van der Waals surface area contributed by atoms with Gasteiger partial charge in [-0.2, -0.15) is 5.26 Å². The Labute approximate surface area is 99.4 Å². The first-order chi connectivity index (χ1) is 7.57. The Morgan fingerprint density at radius 1 is 1.25 bits per heavy atom. The zero-order chi connectivity index (χ0) is 12.6. The molecule has 92 valence electrons. The number of hydrogen-bond donors (Lipinski definition) is 0. The van der Waals surface area contributed by atoms with E-state index in [1.165, 1.54) is 0 Å². The first-order valence-electron chi connectivity index (χ1n) is 6.24. The molecule has 0 N–H and O–H groups in total. The summed E-state index contributed by atoms with van der Waals surface area (Å²) in [7, 11) is 1.80. The third-order valence-electron chi connectivity index (χ3n) is 3.27. The van der Waals surface area contributed by atoms with Crippen LogP contribution in [0.3, 0.4) is 0 Å². The van der Waals surface area contributed by atoms with Gasteiger partial charge in [0.25, 0.3) is 0 Å². The van der Waals surface area contributed by atoms with Crippen LogP contribution in [0, 0.1) is 16.7 Å². The monoisotopic (exact) mass is 224 g/mol. The highest BCUT2D eigenvalue weighted by atomic mass is 16.2. The molecule has 0 spiro atoms. The van der Waals surface area contributed by atoms with E-state index in [1.54, 1.807) is 11.9 Å². The van der Waals surface area contributed by atoms with Gasteiger partial charge < -0.3 is 4.90 Å². The van der Waals surface area contributed by atoms with E-state index in [0.717, 1.165) is 25.8 Å². The van der Waals surface area contributed by atoms with Gasteiger partial charge in [0.2, 0.25) is 5.91 Å². The minimum atomic E-state index is -0.805. The van der Waals surface area contributed by atoms with Gasteiger partial charge in [-0.25, -0.2) is 0 Å². The molecule has 0 heterocycles. The van der Waals surface area contributed by atoms with Crippen LogP contribution in [-0.2, 0) is 4.79 Å². The normalized spacial score (nSPS) is 10.9. The van der Waals surface area contributed by atoms with Crippen molar-refractivity contribution in [3.05, 3.63) is 0 Å². The maximum Gasteiger partial charge on any atom is 0.242 e. The minimum Gasteiger partial charge on any atom is -0.344 e. The largest absolute Gasteiger partial charge is 0.344 e. The quantitative estimate of drug-likeness (QED) is 0.624. The second-order valence-corrected chi connectivity index (χ2v) is 4.33. The Hall–Kier alpha value is -1.04. The topological polar surface area (TPSA) is 44.1 Å². The van der Waals surface area contributed by atoms with Crippen LogP contribution < -0.4 is 0 Å². The molecule has 0 saturated carbocycles. The molecular formula is C13H24N2O. The van der Waals surface area contributed by atoms with E-state index >= 15 is 0 Å². The van der Waals surface area contributed by atoms with Gasteiger partial charge in [0.15, 0.2) is 0 Å². The Kier molecular flexibility index (Phi) is 6.80. The van der Waals surface area contributed by atoms with Crippen molar-refractivity contribution in [2.45, 2.75) is 52.9 Å². The van der Waals surface area contributed by atoms with E-state index in [-0.39, 0.29) is 5.91 Å². The predicted octanol–water partition coefficient (Wildman–Crippen LogP) is 2.96. The van der Waals surface area contributed by atoms with Crippen molar-refractivity contribution in [3.63, 3.8) is 0 Å². The fourth-order valence-electron chi connectivity index (χ4n) is 1.82. The Bertz CT molecular complexity index is 251. The molecule has 0 radical (unpaired) electrons. The average molecular weight is 224 g/mol. The van der Waals surface area contributed by atoms with Crippen molar-refractivity contribution in [2.75, 3.05) is 13.6 Å². The van der Waals surface area contributed by atoms with E-state index in [2.05, 4.69) is 13.0 Å². The summed E-state index contributed by atoms with van der Waals surface area (Å²) in [4.78, 5) is 13.9. The van der Waals surface area contributed by atoms with Gasteiger partial charge in [-0.3, -0.25) is 4.79 Å². The summed E-state index contributed by atoms with van der Waals surface area (Å²) in [5.41, 5.74) is -0.805. The molecule has 0 bridgehead atoms. The van der Waals surface area contributed by atoms with Gasteiger partial charge in [0.05, 0.1) is 6.07 Å². The van der Waals surface area contributed by atoms with Gasteiger partial charge in [-0.1, -0.05) is 33.6 Å². The van der Waals surface area contributed by atoms with Crippen LogP contribution in [0.5, 0.6) is 0 Å². The summed E-state index contributed by atoms with van der Waals surface area (Å²) in [6, 6.07) is 2.19.